The van der Waals surface area contributed by atoms with E-state index >= 15 is 0 Å². The standard InChI is InChI=1S/C23H24FN3O2/c1-15(16-7-9-17(24)10-8-16)26(2)22(28)14-13-21-25-20-6-4-3-5-19(20)23(29)27(21)18-11-12-18/h3-10,15,18H,11-14H2,1-2H3. The Morgan fingerprint density at radius 2 is 1.90 bits per heavy atom. The van der Waals surface area contributed by atoms with Crippen LogP contribution in [-0.4, -0.2) is 27.4 Å². The van der Waals surface area contributed by atoms with Crippen LogP contribution in [0.1, 0.15) is 49.7 Å². The second-order valence-electron chi connectivity index (χ2n) is 7.68. The Hall–Kier alpha value is -3.02. The van der Waals surface area contributed by atoms with E-state index in [9.17, 15) is 14.0 Å². The van der Waals surface area contributed by atoms with E-state index in [1.54, 1.807) is 34.7 Å². The number of benzene rings is 2. The highest BCUT2D eigenvalue weighted by atomic mass is 19.1. The van der Waals surface area contributed by atoms with Gasteiger partial charge < -0.3 is 4.90 Å². The van der Waals surface area contributed by atoms with Crippen molar-refractivity contribution in [3.8, 4) is 0 Å². The molecule has 4 rings (SSSR count). The highest BCUT2D eigenvalue weighted by Crippen LogP contribution is 2.35. The molecule has 2 aromatic carbocycles. The summed E-state index contributed by atoms with van der Waals surface area (Å²) in [7, 11) is 1.75. The van der Waals surface area contributed by atoms with E-state index in [0.717, 1.165) is 18.4 Å². The third-order valence-electron chi connectivity index (χ3n) is 5.68. The first-order valence-corrected chi connectivity index (χ1v) is 9.97. The van der Waals surface area contributed by atoms with Crippen LogP contribution in [0.2, 0.25) is 0 Å². The number of aryl methyl sites for hydroxylation is 1. The number of carbonyl (C=O) groups excluding carboxylic acids is 1. The Kier molecular flexibility index (Phi) is 5.18. The Morgan fingerprint density at radius 1 is 1.21 bits per heavy atom. The van der Waals surface area contributed by atoms with E-state index in [4.69, 9.17) is 4.98 Å². The molecule has 0 N–H and O–H groups in total. The zero-order valence-corrected chi connectivity index (χ0v) is 16.6. The van der Waals surface area contributed by atoms with Gasteiger partial charge in [-0.05, 0) is 49.6 Å². The van der Waals surface area contributed by atoms with E-state index in [0.29, 0.717) is 23.1 Å². The van der Waals surface area contributed by atoms with Crippen molar-refractivity contribution in [3.05, 3.63) is 76.1 Å². The van der Waals surface area contributed by atoms with Crippen molar-refractivity contribution in [1.82, 2.24) is 14.5 Å². The van der Waals surface area contributed by atoms with Gasteiger partial charge in [-0.2, -0.15) is 0 Å². The van der Waals surface area contributed by atoms with Crippen molar-refractivity contribution < 1.29 is 9.18 Å². The zero-order chi connectivity index (χ0) is 20.5. The molecule has 29 heavy (non-hydrogen) atoms. The topological polar surface area (TPSA) is 55.2 Å². The van der Waals surface area contributed by atoms with Gasteiger partial charge in [0.1, 0.15) is 11.6 Å². The molecule has 150 valence electrons. The van der Waals surface area contributed by atoms with Gasteiger partial charge in [-0.1, -0.05) is 24.3 Å². The largest absolute Gasteiger partial charge is 0.339 e. The Labute approximate surface area is 168 Å². The molecule has 1 aliphatic rings. The second kappa shape index (κ2) is 7.78. The van der Waals surface area contributed by atoms with Gasteiger partial charge >= 0.3 is 0 Å². The molecule has 1 fully saturated rings. The van der Waals surface area contributed by atoms with E-state index in [-0.39, 0.29) is 35.8 Å². The predicted molar refractivity (Wildman–Crippen MR) is 110 cm³/mol. The molecule has 1 unspecified atom stereocenters. The molecule has 1 atom stereocenters. The summed E-state index contributed by atoms with van der Waals surface area (Å²) in [4.78, 5) is 32.1. The van der Waals surface area contributed by atoms with Crippen molar-refractivity contribution in [2.45, 2.75) is 44.7 Å². The molecule has 0 aliphatic heterocycles. The van der Waals surface area contributed by atoms with Crippen LogP contribution >= 0.6 is 0 Å². The number of halogens is 1. The summed E-state index contributed by atoms with van der Waals surface area (Å²) in [5.41, 5.74) is 1.53. The van der Waals surface area contributed by atoms with Crippen LogP contribution in [0.5, 0.6) is 0 Å². The summed E-state index contributed by atoms with van der Waals surface area (Å²) in [6.07, 6.45) is 2.63. The number of aromatic nitrogens is 2. The van der Waals surface area contributed by atoms with Crippen molar-refractivity contribution in [2.24, 2.45) is 0 Å². The molecule has 0 bridgehead atoms. The lowest BCUT2D eigenvalue weighted by Gasteiger charge is -2.25. The van der Waals surface area contributed by atoms with Crippen LogP contribution in [0.15, 0.2) is 53.3 Å². The Morgan fingerprint density at radius 3 is 2.59 bits per heavy atom. The highest BCUT2D eigenvalue weighted by Gasteiger charge is 2.28. The third kappa shape index (κ3) is 3.92. The average Bonchev–Trinajstić information content (AvgIpc) is 3.56. The fourth-order valence-corrected chi connectivity index (χ4v) is 3.65. The molecule has 5 nitrogen and oxygen atoms in total. The van der Waals surface area contributed by atoms with Crippen LogP contribution in [0.4, 0.5) is 4.39 Å². The van der Waals surface area contributed by atoms with Gasteiger partial charge in [-0.3, -0.25) is 14.2 Å². The van der Waals surface area contributed by atoms with E-state index < -0.39 is 0 Å². The average molecular weight is 393 g/mol. The van der Waals surface area contributed by atoms with E-state index in [2.05, 4.69) is 0 Å². The fourth-order valence-electron chi connectivity index (χ4n) is 3.65. The Balaban J connectivity index is 1.53. The second-order valence-corrected chi connectivity index (χ2v) is 7.68. The first-order chi connectivity index (χ1) is 14.0. The maximum absolute atomic E-state index is 13.2. The van der Waals surface area contributed by atoms with Crippen LogP contribution in [-0.2, 0) is 11.2 Å². The number of fused-ring (bicyclic) bond motifs is 1. The summed E-state index contributed by atoms with van der Waals surface area (Å²) in [5, 5.41) is 0.622. The summed E-state index contributed by atoms with van der Waals surface area (Å²) in [6, 6.07) is 13.6. The highest BCUT2D eigenvalue weighted by molar-refractivity contribution is 5.78. The van der Waals surface area contributed by atoms with Crippen molar-refractivity contribution >= 4 is 16.8 Å². The zero-order valence-electron chi connectivity index (χ0n) is 16.6. The minimum absolute atomic E-state index is 0.0198. The maximum atomic E-state index is 13.2. The first-order valence-electron chi connectivity index (χ1n) is 9.97. The Bertz CT molecular complexity index is 1100. The van der Waals surface area contributed by atoms with Crippen LogP contribution in [0.25, 0.3) is 10.9 Å². The number of hydrogen-bond donors (Lipinski definition) is 0. The first kappa shape index (κ1) is 19.3. The number of amides is 1. The summed E-state index contributed by atoms with van der Waals surface area (Å²) >= 11 is 0. The lowest BCUT2D eigenvalue weighted by Crippen LogP contribution is -2.31. The van der Waals surface area contributed by atoms with Crippen LogP contribution < -0.4 is 5.56 Å². The minimum Gasteiger partial charge on any atom is -0.339 e. The van der Waals surface area contributed by atoms with Gasteiger partial charge in [0.05, 0.1) is 16.9 Å². The molecule has 6 heteroatoms. The predicted octanol–water partition coefficient (Wildman–Crippen LogP) is 4.02. The van der Waals surface area contributed by atoms with Crippen molar-refractivity contribution in [2.75, 3.05) is 7.05 Å². The van der Waals surface area contributed by atoms with Gasteiger partial charge in [-0.25, -0.2) is 9.37 Å². The van der Waals surface area contributed by atoms with Gasteiger partial charge in [0, 0.05) is 25.9 Å². The van der Waals surface area contributed by atoms with Crippen molar-refractivity contribution in [1.29, 1.82) is 0 Å². The molecule has 0 spiro atoms. The molecule has 1 aliphatic carbocycles. The van der Waals surface area contributed by atoms with Gasteiger partial charge in [-0.15, -0.1) is 0 Å². The van der Waals surface area contributed by atoms with Gasteiger partial charge in [0.15, 0.2) is 0 Å². The molecule has 0 saturated heterocycles. The molecule has 1 aromatic heterocycles. The van der Waals surface area contributed by atoms with E-state index in [1.807, 2.05) is 25.1 Å². The summed E-state index contributed by atoms with van der Waals surface area (Å²) in [6.45, 7) is 1.92. The number of hydrogen-bond acceptors (Lipinski definition) is 3. The monoisotopic (exact) mass is 393 g/mol. The molecule has 1 saturated carbocycles. The molecule has 3 aromatic rings. The molecular formula is C23H24FN3O2. The SMILES string of the molecule is CC(c1ccc(F)cc1)N(C)C(=O)CCc1nc2ccccc2c(=O)n1C1CC1. The minimum atomic E-state index is -0.296. The van der Waals surface area contributed by atoms with E-state index in [1.165, 1.54) is 12.1 Å². The number of para-hydroxylation sites is 1. The van der Waals surface area contributed by atoms with Gasteiger partial charge in [0.25, 0.3) is 5.56 Å². The third-order valence-corrected chi connectivity index (χ3v) is 5.68. The van der Waals surface area contributed by atoms with Crippen molar-refractivity contribution in [3.63, 3.8) is 0 Å². The smallest absolute Gasteiger partial charge is 0.261 e. The lowest BCUT2D eigenvalue weighted by atomic mass is 10.1. The lowest BCUT2D eigenvalue weighted by molar-refractivity contribution is -0.131. The maximum Gasteiger partial charge on any atom is 0.261 e. The number of nitrogens with zero attached hydrogens (tertiary/aromatic N) is 3. The van der Waals surface area contributed by atoms with Crippen LogP contribution in [0, 0.1) is 5.82 Å². The molecule has 1 amide bonds. The molecule has 1 heterocycles. The normalized spacial score (nSPS) is 14.7. The summed E-state index contributed by atoms with van der Waals surface area (Å²) < 4.78 is 14.9. The fraction of sp³-hybridized carbons (Fsp3) is 0.348. The molecule has 0 radical (unpaired) electrons. The molecular weight excluding hydrogens is 369 g/mol. The number of rotatable bonds is 6. The van der Waals surface area contributed by atoms with Crippen LogP contribution in [0.3, 0.4) is 0 Å². The summed E-state index contributed by atoms with van der Waals surface area (Å²) in [5.74, 6) is 0.342. The quantitative estimate of drug-likeness (QED) is 0.636. The van der Waals surface area contributed by atoms with Gasteiger partial charge in [0.2, 0.25) is 5.91 Å². The number of carbonyl (C=O) groups is 1.